The minimum Gasteiger partial charge on any atom is -0.497 e. The van der Waals surface area contributed by atoms with Gasteiger partial charge < -0.3 is 15.0 Å². The second-order valence-electron chi connectivity index (χ2n) is 6.50. The molecule has 2 amide bonds. The Morgan fingerprint density at radius 2 is 2.04 bits per heavy atom. The van der Waals surface area contributed by atoms with Crippen molar-refractivity contribution in [2.24, 2.45) is 11.8 Å². The smallest absolute Gasteiger partial charge is 0.225 e. The maximum absolute atomic E-state index is 12.1. The van der Waals surface area contributed by atoms with Gasteiger partial charge in [-0.25, -0.2) is 0 Å². The molecular weight excluding hydrogens is 292 g/mol. The van der Waals surface area contributed by atoms with Crippen LogP contribution in [0, 0.1) is 11.8 Å². The Labute approximate surface area is 138 Å². The number of amides is 2. The molecule has 1 aliphatic rings. The van der Waals surface area contributed by atoms with Crippen LogP contribution in [-0.4, -0.2) is 36.9 Å². The van der Waals surface area contributed by atoms with E-state index in [1.807, 2.05) is 24.3 Å². The predicted molar refractivity (Wildman–Crippen MR) is 89.0 cm³/mol. The lowest BCUT2D eigenvalue weighted by atomic mass is 10.1. The Hall–Kier alpha value is -2.04. The minimum atomic E-state index is -0.229. The summed E-state index contributed by atoms with van der Waals surface area (Å²) in [4.78, 5) is 26.0. The number of nitrogens with one attached hydrogen (secondary N) is 1. The first-order chi connectivity index (χ1) is 11.0. The second kappa shape index (κ2) is 7.99. The van der Waals surface area contributed by atoms with E-state index >= 15 is 0 Å². The molecule has 0 aliphatic carbocycles. The van der Waals surface area contributed by atoms with Crippen molar-refractivity contribution in [2.45, 2.75) is 33.2 Å². The number of carbonyl (C=O) groups excluding carboxylic acids is 2. The Kier molecular flexibility index (Phi) is 6.02. The lowest BCUT2D eigenvalue weighted by molar-refractivity contribution is -0.129. The van der Waals surface area contributed by atoms with Crippen molar-refractivity contribution in [3.05, 3.63) is 29.8 Å². The molecule has 1 heterocycles. The van der Waals surface area contributed by atoms with Gasteiger partial charge in [-0.15, -0.1) is 0 Å². The Bertz CT molecular complexity index is 540. The van der Waals surface area contributed by atoms with Crippen LogP contribution in [-0.2, 0) is 16.1 Å². The third-order valence-corrected chi connectivity index (χ3v) is 4.14. The summed E-state index contributed by atoms with van der Waals surface area (Å²) in [5, 5.41) is 2.94. The molecule has 0 aromatic heterocycles. The lowest BCUT2D eigenvalue weighted by Crippen LogP contribution is -2.33. The highest BCUT2D eigenvalue weighted by molar-refractivity contribution is 5.89. The number of likely N-dealkylation sites (tertiary alicyclic amines) is 1. The summed E-state index contributed by atoms with van der Waals surface area (Å²) < 4.78 is 5.13. The molecule has 1 saturated heterocycles. The lowest BCUT2D eigenvalue weighted by Gasteiger charge is -2.17. The van der Waals surface area contributed by atoms with E-state index < -0.39 is 0 Å². The van der Waals surface area contributed by atoms with E-state index in [1.54, 1.807) is 12.0 Å². The molecule has 5 nitrogen and oxygen atoms in total. The molecule has 2 rings (SSSR count). The Morgan fingerprint density at radius 1 is 1.35 bits per heavy atom. The largest absolute Gasteiger partial charge is 0.497 e. The fraction of sp³-hybridized carbons (Fsp3) is 0.556. The van der Waals surface area contributed by atoms with Crippen LogP contribution in [0.3, 0.4) is 0 Å². The molecule has 23 heavy (non-hydrogen) atoms. The molecule has 0 bridgehead atoms. The molecule has 1 aromatic rings. The number of rotatable bonds is 7. The van der Waals surface area contributed by atoms with E-state index in [4.69, 9.17) is 4.74 Å². The SMILES string of the molecule is COc1ccc(CN2CC(C(=O)NCCC(C)C)CC2=O)cc1. The summed E-state index contributed by atoms with van der Waals surface area (Å²) in [6.07, 6.45) is 1.27. The number of carbonyl (C=O) groups is 2. The maximum Gasteiger partial charge on any atom is 0.225 e. The van der Waals surface area contributed by atoms with Gasteiger partial charge >= 0.3 is 0 Å². The molecule has 1 N–H and O–H groups in total. The highest BCUT2D eigenvalue weighted by Crippen LogP contribution is 2.21. The van der Waals surface area contributed by atoms with Crippen LogP contribution in [0.25, 0.3) is 0 Å². The quantitative estimate of drug-likeness (QED) is 0.838. The normalized spacial score (nSPS) is 17.7. The number of nitrogens with zero attached hydrogens (tertiary/aromatic N) is 1. The van der Waals surface area contributed by atoms with Gasteiger partial charge in [0.1, 0.15) is 5.75 Å². The Balaban J connectivity index is 1.85. The van der Waals surface area contributed by atoms with Crippen molar-refractivity contribution < 1.29 is 14.3 Å². The highest BCUT2D eigenvalue weighted by atomic mass is 16.5. The molecular formula is C18H26N2O3. The topological polar surface area (TPSA) is 58.6 Å². The summed E-state index contributed by atoms with van der Waals surface area (Å²) in [6.45, 7) is 5.97. The van der Waals surface area contributed by atoms with Gasteiger partial charge in [0, 0.05) is 26.1 Å². The van der Waals surface area contributed by atoms with Crippen molar-refractivity contribution in [1.82, 2.24) is 10.2 Å². The molecule has 0 saturated carbocycles. The van der Waals surface area contributed by atoms with E-state index in [1.165, 1.54) is 0 Å². The van der Waals surface area contributed by atoms with Crippen LogP contribution < -0.4 is 10.1 Å². The summed E-state index contributed by atoms with van der Waals surface area (Å²) in [5.41, 5.74) is 1.04. The maximum atomic E-state index is 12.1. The van der Waals surface area contributed by atoms with Crippen molar-refractivity contribution >= 4 is 11.8 Å². The van der Waals surface area contributed by atoms with E-state index in [0.717, 1.165) is 17.7 Å². The standard InChI is InChI=1S/C18H26N2O3/c1-13(2)8-9-19-18(22)15-10-17(21)20(12-15)11-14-4-6-16(23-3)7-5-14/h4-7,13,15H,8-12H2,1-3H3,(H,19,22). The van der Waals surface area contributed by atoms with Gasteiger partial charge in [0.2, 0.25) is 11.8 Å². The van der Waals surface area contributed by atoms with Crippen LogP contribution in [0.1, 0.15) is 32.3 Å². The molecule has 1 unspecified atom stereocenters. The molecule has 1 atom stereocenters. The van der Waals surface area contributed by atoms with Crippen molar-refractivity contribution in [1.29, 1.82) is 0 Å². The third kappa shape index (κ3) is 4.98. The summed E-state index contributed by atoms with van der Waals surface area (Å²) in [5.74, 6) is 1.17. The number of ether oxygens (including phenoxy) is 1. The fourth-order valence-electron chi connectivity index (χ4n) is 2.68. The van der Waals surface area contributed by atoms with Gasteiger partial charge in [-0.2, -0.15) is 0 Å². The molecule has 1 fully saturated rings. The van der Waals surface area contributed by atoms with Crippen LogP contribution >= 0.6 is 0 Å². The van der Waals surface area contributed by atoms with Gasteiger partial charge in [0.25, 0.3) is 0 Å². The van der Waals surface area contributed by atoms with Gasteiger partial charge in [0.15, 0.2) is 0 Å². The third-order valence-electron chi connectivity index (χ3n) is 4.14. The molecule has 126 valence electrons. The van der Waals surface area contributed by atoms with Gasteiger partial charge in [-0.05, 0) is 30.0 Å². The van der Waals surface area contributed by atoms with Crippen molar-refractivity contribution in [3.63, 3.8) is 0 Å². The summed E-state index contributed by atoms with van der Waals surface area (Å²) in [6, 6.07) is 7.66. The first-order valence-electron chi connectivity index (χ1n) is 8.18. The monoisotopic (exact) mass is 318 g/mol. The number of methoxy groups -OCH3 is 1. The highest BCUT2D eigenvalue weighted by Gasteiger charge is 2.33. The number of hydrogen-bond donors (Lipinski definition) is 1. The zero-order chi connectivity index (χ0) is 16.8. The Morgan fingerprint density at radius 3 is 2.65 bits per heavy atom. The average Bonchev–Trinajstić information content (AvgIpc) is 2.89. The minimum absolute atomic E-state index is 0.00349. The molecule has 0 spiro atoms. The molecule has 5 heteroatoms. The van der Waals surface area contributed by atoms with E-state index in [0.29, 0.717) is 32.0 Å². The predicted octanol–water partition coefficient (Wildman–Crippen LogP) is 2.21. The molecule has 1 aliphatic heterocycles. The van der Waals surface area contributed by atoms with Gasteiger partial charge in [0.05, 0.1) is 13.0 Å². The zero-order valence-electron chi connectivity index (χ0n) is 14.2. The second-order valence-corrected chi connectivity index (χ2v) is 6.50. The first-order valence-corrected chi connectivity index (χ1v) is 8.18. The zero-order valence-corrected chi connectivity index (χ0v) is 14.2. The number of hydrogen-bond acceptors (Lipinski definition) is 3. The number of benzene rings is 1. The molecule has 1 aromatic carbocycles. The van der Waals surface area contributed by atoms with Crippen LogP contribution in [0.5, 0.6) is 5.75 Å². The first kappa shape index (κ1) is 17.3. The van der Waals surface area contributed by atoms with E-state index in [-0.39, 0.29) is 17.7 Å². The van der Waals surface area contributed by atoms with Gasteiger partial charge in [-0.3, -0.25) is 9.59 Å². The van der Waals surface area contributed by atoms with Crippen LogP contribution in [0.15, 0.2) is 24.3 Å². The van der Waals surface area contributed by atoms with E-state index in [9.17, 15) is 9.59 Å². The van der Waals surface area contributed by atoms with E-state index in [2.05, 4.69) is 19.2 Å². The summed E-state index contributed by atoms with van der Waals surface area (Å²) in [7, 11) is 1.63. The van der Waals surface area contributed by atoms with Gasteiger partial charge in [-0.1, -0.05) is 26.0 Å². The van der Waals surface area contributed by atoms with Crippen molar-refractivity contribution in [2.75, 3.05) is 20.2 Å². The fourth-order valence-corrected chi connectivity index (χ4v) is 2.68. The van der Waals surface area contributed by atoms with Crippen LogP contribution in [0.4, 0.5) is 0 Å². The molecule has 0 radical (unpaired) electrons. The van der Waals surface area contributed by atoms with Crippen molar-refractivity contribution in [3.8, 4) is 5.75 Å². The average molecular weight is 318 g/mol. The summed E-state index contributed by atoms with van der Waals surface area (Å²) >= 11 is 0. The van der Waals surface area contributed by atoms with Crippen LogP contribution in [0.2, 0.25) is 0 Å².